The largest absolute Gasteiger partial charge is 0.354 e. The summed E-state index contributed by atoms with van der Waals surface area (Å²) >= 11 is 0. The Labute approximate surface area is 146 Å². The molecule has 3 aromatic rings. The zero-order valence-electron chi connectivity index (χ0n) is 14.4. The summed E-state index contributed by atoms with van der Waals surface area (Å²) < 4.78 is 3.76. The summed E-state index contributed by atoms with van der Waals surface area (Å²) in [7, 11) is 2.03. The van der Waals surface area contributed by atoms with Crippen molar-refractivity contribution in [2.75, 3.05) is 5.32 Å². The molecule has 0 aliphatic heterocycles. The van der Waals surface area contributed by atoms with Crippen LogP contribution < -0.4 is 10.6 Å². The third-order valence-electron chi connectivity index (χ3n) is 4.01. The van der Waals surface area contributed by atoms with Crippen molar-refractivity contribution in [3.05, 3.63) is 60.8 Å². The van der Waals surface area contributed by atoms with Crippen LogP contribution in [0.25, 0.3) is 5.82 Å². The number of urea groups is 1. The van der Waals surface area contributed by atoms with E-state index in [4.69, 9.17) is 0 Å². The fraction of sp³-hybridized carbons (Fsp3) is 0.278. The maximum absolute atomic E-state index is 12.1. The molecule has 0 saturated carbocycles. The standard InChI is InChI=1S/C18H22N6O/c1-14(6-8-16-5-3-11-23(16)2)21-18(25)22-15-7-9-17(19-13-15)24-12-4-10-20-24/h3-5,7,9-14H,6,8H2,1-2H3,(H2,21,22,25). The monoisotopic (exact) mass is 338 g/mol. The van der Waals surface area contributed by atoms with E-state index in [-0.39, 0.29) is 12.1 Å². The first-order valence-electron chi connectivity index (χ1n) is 8.25. The molecule has 7 nitrogen and oxygen atoms in total. The molecular formula is C18H22N6O. The lowest BCUT2D eigenvalue weighted by Crippen LogP contribution is -2.36. The van der Waals surface area contributed by atoms with Crippen LogP contribution in [0, 0.1) is 0 Å². The maximum atomic E-state index is 12.1. The summed E-state index contributed by atoms with van der Waals surface area (Å²) in [6.07, 6.45) is 8.95. The van der Waals surface area contributed by atoms with Crippen LogP contribution in [-0.2, 0) is 13.5 Å². The number of hydrogen-bond donors (Lipinski definition) is 2. The van der Waals surface area contributed by atoms with E-state index in [1.165, 1.54) is 5.69 Å². The summed E-state index contributed by atoms with van der Waals surface area (Å²) in [5.74, 6) is 0.701. The smallest absolute Gasteiger partial charge is 0.319 e. The number of carbonyl (C=O) groups is 1. The number of nitrogens with zero attached hydrogens (tertiary/aromatic N) is 4. The highest BCUT2D eigenvalue weighted by atomic mass is 16.2. The van der Waals surface area contributed by atoms with Gasteiger partial charge in [0.05, 0.1) is 11.9 Å². The van der Waals surface area contributed by atoms with Gasteiger partial charge in [-0.15, -0.1) is 0 Å². The molecule has 0 radical (unpaired) electrons. The van der Waals surface area contributed by atoms with Gasteiger partial charge in [0.1, 0.15) is 0 Å². The van der Waals surface area contributed by atoms with E-state index in [2.05, 4.69) is 31.3 Å². The van der Waals surface area contributed by atoms with E-state index >= 15 is 0 Å². The highest BCUT2D eigenvalue weighted by Gasteiger charge is 2.09. The maximum Gasteiger partial charge on any atom is 0.319 e. The third-order valence-corrected chi connectivity index (χ3v) is 4.01. The Bertz CT molecular complexity index is 806. The van der Waals surface area contributed by atoms with Crippen molar-refractivity contribution in [3.8, 4) is 5.82 Å². The quantitative estimate of drug-likeness (QED) is 0.725. The van der Waals surface area contributed by atoms with Crippen molar-refractivity contribution >= 4 is 11.7 Å². The number of carbonyl (C=O) groups excluding carboxylic acids is 1. The Morgan fingerprint density at radius 2 is 2.12 bits per heavy atom. The molecule has 0 bridgehead atoms. The Balaban J connectivity index is 1.47. The van der Waals surface area contributed by atoms with Crippen LogP contribution >= 0.6 is 0 Å². The van der Waals surface area contributed by atoms with E-state index in [0.29, 0.717) is 11.5 Å². The topological polar surface area (TPSA) is 76.8 Å². The van der Waals surface area contributed by atoms with E-state index in [1.807, 2.05) is 38.5 Å². The summed E-state index contributed by atoms with van der Waals surface area (Å²) in [6.45, 7) is 2.00. The van der Waals surface area contributed by atoms with E-state index in [9.17, 15) is 4.79 Å². The molecule has 0 aromatic carbocycles. The molecule has 3 aromatic heterocycles. The van der Waals surface area contributed by atoms with Gasteiger partial charge in [0.2, 0.25) is 0 Å². The number of nitrogens with one attached hydrogen (secondary N) is 2. The summed E-state index contributed by atoms with van der Waals surface area (Å²) in [4.78, 5) is 16.4. The normalized spacial score (nSPS) is 11.9. The molecule has 0 fully saturated rings. The lowest BCUT2D eigenvalue weighted by molar-refractivity contribution is 0.248. The van der Waals surface area contributed by atoms with Gasteiger partial charge >= 0.3 is 6.03 Å². The first kappa shape index (κ1) is 16.8. The summed E-state index contributed by atoms with van der Waals surface area (Å²) in [5.41, 5.74) is 1.90. The molecule has 7 heteroatoms. The van der Waals surface area contributed by atoms with Crippen molar-refractivity contribution in [2.45, 2.75) is 25.8 Å². The summed E-state index contributed by atoms with van der Waals surface area (Å²) in [5, 5.41) is 9.87. The van der Waals surface area contributed by atoms with Gasteiger partial charge in [-0.25, -0.2) is 14.5 Å². The van der Waals surface area contributed by atoms with Gasteiger partial charge in [0, 0.05) is 37.4 Å². The van der Waals surface area contributed by atoms with E-state index in [0.717, 1.165) is 12.8 Å². The van der Waals surface area contributed by atoms with Crippen molar-refractivity contribution in [2.24, 2.45) is 7.05 Å². The van der Waals surface area contributed by atoms with Crippen LogP contribution in [0.1, 0.15) is 19.0 Å². The van der Waals surface area contributed by atoms with Crippen LogP contribution in [0.15, 0.2) is 55.1 Å². The predicted octanol–water partition coefficient (Wildman–Crippen LogP) is 2.75. The average molecular weight is 338 g/mol. The minimum atomic E-state index is -0.229. The first-order valence-corrected chi connectivity index (χ1v) is 8.25. The van der Waals surface area contributed by atoms with Crippen LogP contribution in [-0.4, -0.2) is 31.4 Å². The number of rotatable bonds is 6. The minimum Gasteiger partial charge on any atom is -0.354 e. The Morgan fingerprint density at radius 3 is 2.76 bits per heavy atom. The molecule has 25 heavy (non-hydrogen) atoms. The lowest BCUT2D eigenvalue weighted by Gasteiger charge is -2.15. The molecule has 3 rings (SSSR count). The second-order valence-electron chi connectivity index (χ2n) is 6.00. The third kappa shape index (κ3) is 4.47. The number of hydrogen-bond acceptors (Lipinski definition) is 3. The highest BCUT2D eigenvalue weighted by Crippen LogP contribution is 2.09. The Hall–Kier alpha value is -3.09. The number of anilines is 1. The van der Waals surface area contributed by atoms with Crippen LogP contribution in [0.5, 0.6) is 0 Å². The molecule has 3 heterocycles. The predicted molar refractivity (Wildman–Crippen MR) is 96.7 cm³/mol. The second-order valence-corrected chi connectivity index (χ2v) is 6.00. The van der Waals surface area contributed by atoms with Gasteiger partial charge in [-0.05, 0) is 50.1 Å². The van der Waals surface area contributed by atoms with Gasteiger partial charge < -0.3 is 15.2 Å². The molecule has 1 atom stereocenters. The fourth-order valence-electron chi connectivity index (χ4n) is 2.58. The number of aryl methyl sites for hydroxylation is 2. The molecule has 2 amide bonds. The van der Waals surface area contributed by atoms with Gasteiger partial charge in [-0.2, -0.15) is 5.10 Å². The summed E-state index contributed by atoms with van der Waals surface area (Å²) in [6, 6.07) is 9.41. The van der Waals surface area contributed by atoms with Crippen molar-refractivity contribution in [1.82, 2.24) is 24.6 Å². The second kappa shape index (κ2) is 7.65. The first-order chi connectivity index (χ1) is 12.1. The van der Waals surface area contributed by atoms with Gasteiger partial charge in [0.15, 0.2) is 5.82 Å². The Morgan fingerprint density at radius 1 is 1.24 bits per heavy atom. The molecule has 0 saturated heterocycles. The highest BCUT2D eigenvalue weighted by molar-refractivity contribution is 5.89. The lowest BCUT2D eigenvalue weighted by atomic mass is 10.1. The molecule has 130 valence electrons. The zero-order valence-corrected chi connectivity index (χ0v) is 14.4. The van der Waals surface area contributed by atoms with Crippen LogP contribution in [0.3, 0.4) is 0 Å². The molecule has 2 N–H and O–H groups in total. The number of pyridine rings is 1. The molecule has 1 unspecified atom stereocenters. The average Bonchev–Trinajstić information content (AvgIpc) is 3.25. The fourth-order valence-corrected chi connectivity index (χ4v) is 2.58. The number of aromatic nitrogens is 4. The zero-order chi connectivity index (χ0) is 17.6. The van der Waals surface area contributed by atoms with Crippen molar-refractivity contribution < 1.29 is 4.79 Å². The minimum absolute atomic E-state index is 0.0752. The molecule has 0 spiro atoms. The molecule has 0 aliphatic carbocycles. The van der Waals surface area contributed by atoms with Gasteiger partial charge in [0.25, 0.3) is 0 Å². The number of amides is 2. The van der Waals surface area contributed by atoms with Crippen LogP contribution in [0.2, 0.25) is 0 Å². The molecular weight excluding hydrogens is 316 g/mol. The van der Waals surface area contributed by atoms with E-state index < -0.39 is 0 Å². The van der Waals surface area contributed by atoms with Gasteiger partial charge in [-0.3, -0.25) is 0 Å². The van der Waals surface area contributed by atoms with Crippen molar-refractivity contribution in [1.29, 1.82) is 0 Å². The SMILES string of the molecule is CC(CCc1cccn1C)NC(=O)Nc1ccc(-n2cccn2)nc1. The Kier molecular flexibility index (Phi) is 5.13. The molecule has 0 aliphatic rings. The van der Waals surface area contributed by atoms with Crippen LogP contribution in [0.4, 0.5) is 10.5 Å². The van der Waals surface area contributed by atoms with E-state index in [1.54, 1.807) is 29.2 Å². The van der Waals surface area contributed by atoms with Gasteiger partial charge in [-0.1, -0.05) is 0 Å². The van der Waals surface area contributed by atoms with Crippen molar-refractivity contribution in [3.63, 3.8) is 0 Å².